The number of carbonyl (C=O) groups excluding carboxylic acids is 2. The SMILES string of the molecule is COc1ccc(C[C@H](Nc2cccc(-c3ccccc3)c2)C(=O)N[C@H](C(=O)N[C@@H](CC(C)C)B2O[C@@H]3C[C@@H]4C[C@@H](C4(C)C)[C@]3(C)O2)C(C)C)cc1OC. The van der Waals surface area contributed by atoms with Crippen LogP contribution in [0.4, 0.5) is 5.69 Å². The van der Waals surface area contributed by atoms with Gasteiger partial charge in [-0.05, 0) is 96.2 Å². The minimum atomic E-state index is -0.784. The maximum atomic E-state index is 14.4. The Labute approximate surface area is 316 Å². The van der Waals surface area contributed by atoms with E-state index < -0.39 is 19.2 Å². The molecular weight excluding hydrogens is 665 g/mol. The van der Waals surface area contributed by atoms with Crippen molar-refractivity contribution in [3.63, 3.8) is 0 Å². The molecule has 0 spiro atoms. The third-order valence-electron chi connectivity index (χ3n) is 12.1. The summed E-state index contributed by atoms with van der Waals surface area (Å²) in [7, 11) is 2.64. The van der Waals surface area contributed by atoms with Crippen LogP contribution in [0.5, 0.6) is 11.5 Å². The number of methoxy groups -OCH3 is 2. The standard InChI is InChI=1S/C43H58BN3O6/c1-26(2)20-38(44-52-37-25-31-24-36(42(31,5)6)43(37,7)53-44)46-41(49)39(27(3)4)47-40(48)33(21-28-18-19-34(50-8)35(22-28)51-9)45-32-17-13-16-30(23-32)29-14-11-10-12-15-29/h10-19,22-23,26-27,31,33,36-39,45H,20-21,24-25H2,1-9H3,(H,46,49)(H,47,48)/t31-,33-,36-,37+,38-,39-,43-/m0/s1. The summed E-state index contributed by atoms with van der Waals surface area (Å²) >= 11 is 0. The van der Waals surface area contributed by atoms with Crippen molar-refractivity contribution in [3.8, 4) is 22.6 Å². The topological polar surface area (TPSA) is 107 Å². The van der Waals surface area contributed by atoms with Gasteiger partial charge >= 0.3 is 7.12 Å². The third kappa shape index (κ3) is 8.09. The van der Waals surface area contributed by atoms with E-state index in [1.54, 1.807) is 14.2 Å². The number of nitrogens with one attached hydrogen (secondary N) is 3. The summed E-state index contributed by atoms with van der Waals surface area (Å²) in [6, 6.07) is 22.3. The number of rotatable bonds is 15. The van der Waals surface area contributed by atoms with E-state index in [1.165, 1.54) is 0 Å². The number of anilines is 1. The van der Waals surface area contributed by atoms with Crippen LogP contribution in [0.25, 0.3) is 11.1 Å². The van der Waals surface area contributed by atoms with Crippen LogP contribution in [0.2, 0.25) is 0 Å². The summed E-state index contributed by atoms with van der Waals surface area (Å²) in [5.41, 5.74) is 3.62. The highest BCUT2D eigenvalue weighted by molar-refractivity contribution is 6.48. The number of benzene rings is 3. The highest BCUT2D eigenvalue weighted by atomic mass is 16.7. The van der Waals surface area contributed by atoms with Crippen LogP contribution >= 0.6 is 0 Å². The molecule has 10 heteroatoms. The first-order valence-electron chi connectivity index (χ1n) is 19.3. The molecule has 53 heavy (non-hydrogen) atoms. The predicted molar refractivity (Wildman–Crippen MR) is 211 cm³/mol. The molecule has 3 aromatic carbocycles. The van der Waals surface area contributed by atoms with Crippen LogP contribution in [-0.2, 0) is 25.3 Å². The fourth-order valence-electron chi connectivity index (χ4n) is 8.95. The Morgan fingerprint density at radius 2 is 1.57 bits per heavy atom. The molecule has 7 rings (SSSR count). The second-order valence-corrected chi connectivity index (χ2v) is 16.8. The van der Waals surface area contributed by atoms with Crippen molar-refractivity contribution in [2.45, 2.75) is 104 Å². The Balaban J connectivity index is 1.22. The minimum Gasteiger partial charge on any atom is -0.493 e. The average molecular weight is 724 g/mol. The Hall–Kier alpha value is -4.02. The second-order valence-electron chi connectivity index (χ2n) is 16.8. The van der Waals surface area contributed by atoms with E-state index in [0.29, 0.717) is 42.1 Å². The number of carbonyl (C=O) groups is 2. The van der Waals surface area contributed by atoms with Gasteiger partial charge in [0.15, 0.2) is 11.5 Å². The maximum Gasteiger partial charge on any atom is 0.481 e. The van der Waals surface area contributed by atoms with E-state index in [4.69, 9.17) is 18.8 Å². The highest BCUT2D eigenvalue weighted by Crippen LogP contribution is 2.65. The van der Waals surface area contributed by atoms with Crippen LogP contribution in [-0.4, -0.2) is 62.9 Å². The molecule has 3 aromatic rings. The van der Waals surface area contributed by atoms with E-state index in [-0.39, 0.29) is 40.8 Å². The molecular formula is C43H58BN3O6. The van der Waals surface area contributed by atoms with Gasteiger partial charge in [0.1, 0.15) is 12.1 Å². The molecule has 284 valence electrons. The normalized spacial score (nSPS) is 24.4. The molecule has 3 aliphatic carbocycles. The van der Waals surface area contributed by atoms with Crippen molar-refractivity contribution >= 4 is 24.6 Å². The van der Waals surface area contributed by atoms with Crippen molar-refractivity contribution in [3.05, 3.63) is 78.4 Å². The van der Waals surface area contributed by atoms with Crippen molar-refractivity contribution in [2.24, 2.45) is 29.1 Å². The molecule has 0 aromatic heterocycles. The van der Waals surface area contributed by atoms with Gasteiger partial charge < -0.3 is 34.7 Å². The van der Waals surface area contributed by atoms with Crippen LogP contribution in [0.3, 0.4) is 0 Å². The minimum absolute atomic E-state index is 0.0141. The lowest BCUT2D eigenvalue weighted by Crippen LogP contribution is -2.65. The highest BCUT2D eigenvalue weighted by Gasteiger charge is 2.68. The Morgan fingerprint density at radius 3 is 2.23 bits per heavy atom. The lowest BCUT2D eigenvalue weighted by Gasteiger charge is -2.64. The summed E-state index contributed by atoms with van der Waals surface area (Å²) in [4.78, 5) is 28.6. The molecule has 1 aliphatic heterocycles. The van der Waals surface area contributed by atoms with Crippen LogP contribution in [0.1, 0.15) is 73.3 Å². The summed E-state index contributed by atoms with van der Waals surface area (Å²) in [5.74, 6) is 1.47. The summed E-state index contributed by atoms with van der Waals surface area (Å²) in [6.45, 7) is 15.1. The van der Waals surface area contributed by atoms with Gasteiger partial charge in [0.25, 0.3) is 0 Å². The van der Waals surface area contributed by atoms with Gasteiger partial charge in [0, 0.05) is 12.1 Å². The molecule has 3 saturated carbocycles. The fourth-order valence-corrected chi connectivity index (χ4v) is 8.95. The lowest BCUT2D eigenvalue weighted by atomic mass is 9.43. The van der Waals surface area contributed by atoms with Gasteiger partial charge in [-0.25, -0.2) is 0 Å². The first-order valence-corrected chi connectivity index (χ1v) is 19.3. The zero-order chi connectivity index (χ0) is 38.1. The molecule has 3 N–H and O–H groups in total. The van der Waals surface area contributed by atoms with Gasteiger partial charge in [-0.3, -0.25) is 9.59 Å². The van der Waals surface area contributed by atoms with Crippen LogP contribution in [0.15, 0.2) is 72.8 Å². The Kier molecular flexibility index (Phi) is 11.5. The van der Waals surface area contributed by atoms with E-state index in [1.807, 2.05) is 74.5 Å². The van der Waals surface area contributed by atoms with Crippen LogP contribution < -0.4 is 25.4 Å². The average Bonchev–Trinajstić information content (AvgIpc) is 3.50. The number of amides is 2. The van der Waals surface area contributed by atoms with Gasteiger partial charge in [-0.2, -0.15) is 0 Å². The maximum absolute atomic E-state index is 14.4. The fraction of sp³-hybridized carbons (Fsp3) is 0.535. The Bertz CT molecular complexity index is 1750. The molecule has 4 fully saturated rings. The quantitative estimate of drug-likeness (QED) is 0.141. The zero-order valence-corrected chi connectivity index (χ0v) is 32.9. The molecule has 4 aliphatic rings. The molecule has 1 heterocycles. The van der Waals surface area contributed by atoms with E-state index in [9.17, 15) is 9.59 Å². The molecule has 1 saturated heterocycles. The first kappa shape index (κ1) is 38.7. The number of ether oxygens (including phenoxy) is 2. The Morgan fingerprint density at radius 1 is 0.849 bits per heavy atom. The second kappa shape index (κ2) is 15.8. The largest absolute Gasteiger partial charge is 0.493 e. The smallest absolute Gasteiger partial charge is 0.481 e. The van der Waals surface area contributed by atoms with E-state index >= 15 is 0 Å². The molecule has 7 atom stereocenters. The third-order valence-corrected chi connectivity index (χ3v) is 12.1. The van der Waals surface area contributed by atoms with Crippen molar-refractivity contribution in [2.75, 3.05) is 19.5 Å². The van der Waals surface area contributed by atoms with Gasteiger partial charge in [0.2, 0.25) is 11.8 Å². The monoisotopic (exact) mass is 723 g/mol. The summed E-state index contributed by atoms with van der Waals surface area (Å²) in [6.07, 6.45) is 3.18. The van der Waals surface area contributed by atoms with E-state index in [0.717, 1.165) is 35.2 Å². The number of hydrogen-bond acceptors (Lipinski definition) is 7. The molecule has 9 nitrogen and oxygen atoms in total. The number of hydrogen-bond donors (Lipinski definition) is 3. The summed E-state index contributed by atoms with van der Waals surface area (Å²) < 4.78 is 24.5. The van der Waals surface area contributed by atoms with E-state index in [2.05, 4.69) is 62.7 Å². The van der Waals surface area contributed by atoms with Crippen LogP contribution in [0, 0.1) is 29.1 Å². The van der Waals surface area contributed by atoms with Gasteiger partial charge in [0.05, 0.1) is 31.9 Å². The van der Waals surface area contributed by atoms with Crippen molar-refractivity contribution in [1.82, 2.24) is 10.6 Å². The molecule has 0 radical (unpaired) electrons. The summed E-state index contributed by atoms with van der Waals surface area (Å²) in [5, 5.41) is 9.91. The molecule has 2 amide bonds. The predicted octanol–water partition coefficient (Wildman–Crippen LogP) is 7.33. The zero-order valence-electron chi connectivity index (χ0n) is 32.9. The van der Waals surface area contributed by atoms with Crippen molar-refractivity contribution < 1.29 is 28.4 Å². The molecule has 2 bridgehead atoms. The molecule has 0 unspecified atom stereocenters. The van der Waals surface area contributed by atoms with Gasteiger partial charge in [-0.1, -0.05) is 90.1 Å². The van der Waals surface area contributed by atoms with Crippen molar-refractivity contribution in [1.29, 1.82) is 0 Å². The van der Waals surface area contributed by atoms with Gasteiger partial charge in [-0.15, -0.1) is 0 Å². The first-order chi connectivity index (χ1) is 25.2. The lowest BCUT2D eigenvalue weighted by molar-refractivity contribution is -0.199.